The van der Waals surface area contributed by atoms with Gasteiger partial charge in [-0.05, 0) is 64.8 Å². The fourth-order valence-electron chi connectivity index (χ4n) is 4.72. The van der Waals surface area contributed by atoms with E-state index >= 15 is 0 Å². The molecule has 3 aromatic rings. The second-order valence-corrected chi connectivity index (χ2v) is 7.74. The van der Waals surface area contributed by atoms with E-state index in [0.717, 1.165) is 36.9 Å². The minimum atomic E-state index is -0.0260. The van der Waals surface area contributed by atoms with Gasteiger partial charge in [0.15, 0.2) is 11.5 Å². The van der Waals surface area contributed by atoms with Gasteiger partial charge >= 0.3 is 0 Å². The largest absolute Gasteiger partial charge is 0.504 e. The highest BCUT2D eigenvalue weighted by molar-refractivity contribution is 5.54. The number of rotatable bonds is 2. The molecule has 0 aromatic heterocycles. The molecule has 0 saturated heterocycles. The van der Waals surface area contributed by atoms with Crippen LogP contribution < -0.4 is 5.32 Å². The van der Waals surface area contributed by atoms with Crippen molar-refractivity contribution in [3.05, 3.63) is 94.0 Å². The van der Waals surface area contributed by atoms with Crippen molar-refractivity contribution in [3.63, 3.8) is 0 Å². The highest BCUT2D eigenvalue weighted by Gasteiger charge is 2.35. The number of fused-ring (bicyclic) bond motifs is 5. The number of hydrogen-bond donors (Lipinski definition) is 3. The summed E-state index contributed by atoms with van der Waals surface area (Å²) in [6.07, 6.45) is 2.90. The minimum Gasteiger partial charge on any atom is -0.504 e. The Labute approximate surface area is 159 Å². The third kappa shape index (κ3) is 2.88. The Morgan fingerprint density at radius 2 is 1.59 bits per heavy atom. The van der Waals surface area contributed by atoms with Gasteiger partial charge in [0.05, 0.1) is 0 Å². The molecule has 1 aliphatic heterocycles. The molecule has 136 valence electrons. The lowest BCUT2D eigenvalue weighted by atomic mass is 9.72. The van der Waals surface area contributed by atoms with Crippen LogP contribution in [0.15, 0.2) is 60.7 Å². The number of aryl methyl sites for hydroxylation is 1. The summed E-state index contributed by atoms with van der Waals surface area (Å²) in [5.41, 5.74) is 7.61. The Hall–Kier alpha value is -2.78. The fraction of sp³-hybridized carbons (Fsp3) is 0.250. The zero-order chi connectivity index (χ0) is 18.4. The van der Waals surface area contributed by atoms with Gasteiger partial charge in [-0.2, -0.15) is 0 Å². The van der Waals surface area contributed by atoms with Crippen molar-refractivity contribution < 1.29 is 10.2 Å². The van der Waals surface area contributed by atoms with Gasteiger partial charge in [0.2, 0.25) is 0 Å². The normalized spacial score (nSPS) is 20.4. The van der Waals surface area contributed by atoms with Crippen molar-refractivity contribution in [1.29, 1.82) is 0 Å². The lowest BCUT2D eigenvalue weighted by Gasteiger charge is -2.39. The molecule has 3 N–H and O–H groups in total. The van der Waals surface area contributed by atoms with Crippen LogP contribution in [0.5, 0.6) is 11.5 Å². The minimum absolute atomic E-state index is 0.0194. The number of benzene rings is 3. The molecule has 0 radical (unpaired) electrons. The molecule has 1 heterocycles. The Kier molecular flexibility index (Phi) is 3.91. The van der Waals surface area contributed by atoms with E-state index in [1.165, 1.54) is 22.3 Å². The molecule has 3 heteroatoms. The van der Waals surface area contributed by atoms with Crippen LogP contribution >= 0.6 is 0 Å². The molecule has 3 aromatic carbocycles. The summed E-state index contributed by atoms with van der Waals surface area (Å²) in [5.74, 6) is 0.177. The zero-order valence-electron chi connectivity index (χ0n) is 15.2. The van der Waals surface area contributed by atoms with Gasteiger partial charge in [0.1, 0.15) is 0 Å². The predicted octanol–water partition coefficient (Wildman–Crippen LogP) is 4.24. The number of phenolic OH excluding ortho intramolecular Hbond substituents is 2. The topological polar surface area (TPSA) is 52.5 Å². The van der Waals surface area contributed by atoms with Crippen LogP contribution in [0.4, 0.5) is 0 Å². The zero-order valence-corrected chi connectivity index (χ0v) is 15.2. The highest BCUT2D eigenvalue weighted by atomic mass is 16.3. The van der Waals surface area contributed by atoms with Gasteiger partial charge in [0, 0.05) is 18.5 Å². The van der Waals surface area contributed by atoms with Crippen LogP contribution in [-0.2, 0) is 19.4 Å². The number of aromatic hydroxyl groups is 2. The SMILES string of the molecule is Oc1cc2c(cc1O)C1c3cc(Cc4ccccc4)ccc3CNC1CC2. The van der Waals surface area contributed by atoms with Crippen LogP contribution in [0.3, 0.4) is 0 Å². The number of phenols is 2. The molecule has 2 atom stereocenters. The predicted molar refractivity (Wildman–Crippen MR) is 106 cm³/mol. The molecular formula is C24H23NO2. The number of nitrogens with one attached hydrogen (secondary N) is 1. The molecule has 1 aliphatic carbocycles. The summed E-state index contributed by atoms with van der Waals surface area (Å²) in [6.45, 7) is 0.890. The summed E-state index contributed by atoms with van der Waals surface area (Å²) >= 11 is 0. The molecule has 0 fully saturated rings. The Bertz CT molecular complexity index is 997. The third-order valence-corrected chi connectivity index (χ3v) is 6.05. The van der Waals surface area contributed by atoms with E-state index in [4.69, 9.17) is 0 Å². The fourth-order valence-corrected chi connectivity index (χ4v) is 4.72. The van der Waals surface area contributed by atoms with E-state index in [9.17, 15) is 10.2 Å². The van der Waals surface area contributed by atoms with Crippen molar-refractivity contribution in [2.24, 2.45) is 0 Å². The van der Waals surface area contributed by atoms with Crippen LogP contribution in [0.25, 0.3) is 0 Å². The Morgan fingerprint density at radius 1 is 0.815 bits per heavy atom. The van der Waals surface area contributed by atoms with Crippen molar-refractivity contribution in [2.75, 3.05) is 0 Å². The summed E-state index contributed by atoms with van der Waals surface area (Å²) in [4.78, 5) is 0. The van der Waals surface area contributed by atoms with Crippen LogP contribution in [0.2, 0.25) is 0 Å². The smallest absolute Gasteiger partial charge is 0.157 e. The average molecular weight is 357 g/mol. The first-order valence-electron chi connectivity index (χ1n) is 9.63. The first kappa shape index (κ1) is 16.4. The molecule has 2 unspecified atom stereocenters. The van der Waals surface area contributed by atoms with Gasteiger partial charge in [0.25, 0.3) is 0 Å². The van der Waals surface area contributed by atoms with Crippen molar-refractivity contribution in [2.45, 2.75) is 37.8 Å². The maximum absolute atomic E-state index is 10.1. The monoisotopic (exact) mass is 357 g/mol. The summed E-state index contributed by atoms with van der Waals surface area (Å²) in [7, 11) is 0. The van der Waals surface area contributed by atoms with E-state index in [1.54, 1.807) is 12.1 Å². The van der Waals surface area contributed by atoms with Gasteiger partial charge < -0.3 is 15.5 Å². The summed E-state index contributed by atoms with van der Waals surface area (Å²) in [6, 6.07) is 21.2. The molecule has 0 amide bonds. The maximum atomic E-state index is 10.1. The standard InChI is InChI=1S/C24H23NO2/c26-22-12-17-8-9-21-24(20(17)13-23(22)27)19-11-16(6-7-18(19)14-25-21)10-15-4-2-1-3-5-15/h1-7,11-13,21,24-27H,8-10,14H2. The van der Waals surface area contributed by atoms with Crippen molar-refractivity contribution in [1.82, 2.24) is 5.32 Å². The maximum Gasteiger partial charge on any atom is 0.157 e. The first-order valence-corrected chi connectivity index (χ1v) is 9.63. The van der Waals surface area contributed by atoms with Crippen LogP contribution in [0.1, 0.15) is 45.7 Å². The molecule has 27 heavy (non-hydrogen) atoms. The van der Waals surface area contributed by atoms with Crippen molar-refractivity contribution in [3.8, 4) is 11.5 Å². The molecule has 0 saturated carbocycles. The van der Waals surface area contributed by atoms with Crippen LogP contribution in [-0.4, -0.2) is 16.3 Å². The van der Waals surface area contributed by atoms with Crippen LogP contribution in [0, 0.1) is 0 Å². The van der Waals surface area contributed by atoms with Gasteiger partial charge in [-0.1, -0.05) is 48.5 Å². The first-order chi connectivity index (χ1) is 13.2. The number of hydrogen-bond acceptors (Lipinski definition) is 3. The van der Waals surface area contributed by atoms with E-state index in [2.05, 4.69) is 47.8 Å². The highest BCUT2D eigenvalue weighted by Crippen LogP contribution is 2.44. The summed E-state index contributed by atoms with van der Waals surface area (Å²) in [5, 5.41) is 23.7. The molecule has 5 rings (SSSR count). The van der Waals surface area contributed by atoms with E-state index in [1.807, 2.05) is 6.07 Å². The van der Waals surface area contributed by atoms with E-state index in [-0.39, 0.29) is 17.4 Å². The lowest BCUT2D eigenvalue weighted by molar-refractivity contribution is 0.380. The van der Waals surface area contributed by atoms with Gasteiger partial charge in [-0.3, -0.25) is 0 Å². The Morgan fingerprint density at radius 3 is 2.44 bits per heavy atom. The molecule has 0 spiro atoms. The van der Waals surface area contributed by atoms with E-state index in [0.29, 0.717) is 6.04 Å². The quantitative estimate of drug-likeness (QED) is 0.601. The van der Waals surface area contributed by atoms with Crippen molar-refractivity contribution >= 4 is 0 Å². The van der Waals surface area contributed by atoms with Gasteiger partial charge in [-0.15, -0.1) is 0 Å². The van der Waals surface area contributed by atoms with Gasteiger partial charge in [-0.25, -0.2) is 0 Å². The average Bonchev–Trinajstić information content (AvgIpc) is 2.69. The third-order valence-electron chi connectivity index (χ3n) is 6.05. The lowest BCUT2D eigenvalue weighted by Crippen LogP contribution is -2.42. The Balaban J connectivity index is 1.58. The molecule has 0 bridgehead atoms. The molecule has 3 nitrogen and oxygen atoms in total. The van der Waals surface area contributed by atoms with E-state index < -0.39 is 0 Å². The summed E-state index contributed by atoms with van der Waals surface area (Å²) < 4.78 is 0. The molecular weight excluding hydrogens is 334 g/mol. The second kappa shape index (κ2) is 6.43. The second-order valence-electron chi connectivity index (χ2n) is 7.74. The molecule has 2 aliphatic rings.